The number of esters is 1. The normalized spacial score (nSPS) is 23.9. The SMILES string of the molecule is CC(C)(C)OC(=O)c1ccc(C2CC3(CCN2)COC3)cc1. The topological polar surface area (TPSA) is 47.6 Å². The molecular formula is C18H25NO3. The van der Waals surface area contributed by atoms with E-state index in [-0.39, 0.29) is 5.97 Å². The van der Waals surface area contributed by atoms with Crippen molar-refractivity contribution in [2.45, 2.75) is 45.3 Å². The van der Waals surface area contributed by atoms with Crippen molar-refractivity contribution in [1.82, 2.24) is 5.32 Å². The van der Waals surface area contributed by atoms with E-state index in [9.17, 15) is 4.79 Å². The molecule has 2 heterocycles. The summed E-state index contributed by atoms with van der Waals surface area (Å²) < 4.78 is 10.8. The molecule has 2 aliphatic rings. The summed E-state index contributed by atoms with van der Waals surface area (Å²) in [7, 11) is 0. The number of nitrogens with one attached hydrogen (secondary N) is 1. The summed E-state index contributed by atoms with van der Waals surface area (Å²) in [6.45, 7) is 8.45. The molecule has 3 rings (SSSR count). The Bertz CT molecular complexity index is 540. The number of rotatable bonds is 2. The third-order valence-electron chi connectivity index (χ3n) is 4.45. The highest BCUT2D eigenvalue weighted by atomic mass is 16.6. The average Bonchev–Trinajstić information content (AvgIpc) is 2.44. The summed E-state index contributed by atoms with van der Waals surface area (Å²) in [5, 5.41) is 3.57. The van der Waals surface area contributed by atoms with Crippen LogP contribution in [0.4, 0.5) is 0 Å². The van der Waals surface area contributed by atoms with Crippen molar-refractivity contribution in [1.29, 1.82) is 0 Å². The fourth-order valence-corrected chi connectivity index (χ4v) is 3.20. The lowest BCUT2D eigenvalue weighted by molar-refractivity contribution is -0.134. The van der Waals surface area contributed by atoms with E-state index in [4.69, 9.17) is 9.47 Å². The van der Waals surface area contributed by atoms with Gasteiger partial charge in [0.15, 0.2) is 0 Å². The maximum absolute atomic E-state index is 12.1. The van der Waals surface area contributed by atoms with Crippen LogP contribution in [-0.4, -0.2) is 31.3 Å². The Morgan fingerprint density at radius 2 is 1.95 bits per heavy atom. The van der Waals surface area contributed by atoms with Crippen LogP contribution in [0.3, 0.4) is 0 Å². The van der Waals surface area contributed by atoms with E-state index in [1.54, 1.807) is 0 Å². The van der Waals surface area contributed by atoms with Gasteiger partial charge in [0.25, 0.3) is 0 Å². The van der Waals surface area contributed by atoms with Crippen LogP contribution in [0, 0.1) is 5.41 Å². The Morgan fingerprint density at radius 1 is 1.27 bits per heavy atom. The Balaban J connectivity index is 1.67. The molecule has 1 aromatic carbocycles. The van der Waals surface area contributed by atoms with E-state index in [0.717, 1.165) is 26.2 Å². The van der Waals surface area contributed by atoms with Crippen LogP contribution >= 0.6 is 0 Å². The van der Waals surface area contributed by atoms with Crippen LogP contribution in [0.2, 0.25) is 0 Å². The Morgan fingerprint density at radius 3 is 2.50 bits per heavy atom. The molecule has 2 saturated heterocycles. The second-order valence-corrected chi connectivity index (χ2v) is 7.58. The van der Waals surface area contributed by atoms with Gasteiger partial charge in [-0.1, -0.05) is 12.1 Å². The fourth-order valence-electron chi connectivity index (χ4n) is 3.20. The van der Waals surface area contributed by atoms with Crippen molar-refractivity contribution >= 4 is 5.97 Å². The van der Waals surface area contributed by atoms with Gasteiger partial charge in [0.05, 0.1) is 18.8 Å². The van der Waals surface area contributed by atoms with Gasteiger partial charge in [-0.2, -0.15) is 0 Å². The molecule has 1 atom stereocenters. The van der Waals surface area contributed by atoms with Gasteiger partial charge in [-0.3, -0.25) is 0 Å². The van der Waals surface area contributed by atoms with Crippen molar-refractivity contribution < 1.29 is 14.3 Å². The van der Waals surface area contributed by atoms with Gasteiger partial charge >= 0.3 is 5.97 Å². The first-order valence-electron chi connectivity index (χ1n) is 8.01. The van der Waals surface area contributed by atoms with Crippen LogP contribution in [0.25, 0.3) is 0 Å². The standard InChI is InChI=1S/C18H25NO3/c1-17(2,3)22-16(20)14-6-4-13(5-7-14)15-10-18(8-9-19-15)11-21-12-18/h4-7,15,19H,8-12H2,1-3H3. The van der Waals surface area contributed by atoms with E-state index < -0.39 is 5.60 Å². The minimum absolute atomic E-state index is 0.264. The molecule has 22 heavy (non-hydrogen) atoms. The molecule has 1 spiro atoms. The van der Waals surface area contributed by atoms with Crippen LogP contribution in [-0.2, 0) is 9.47 Å². The molecule has 0 radical (unpaired) electrons. The van der Waals surface area contributed by atoms with Gasteiger partial charge in [-0.25, -0.2) is 4.79 Å². The summed E-state index contributed by atoms with van der Waals surface area (Å²) in [5.41, 5.74) is 1.76. The summed E-state index contributed by atoms with van der Waals surface area (Å²) >= 11 is 0. The van der Waals surface area contributed by atoms with Gasteiger partial charge in [-0.15, -0.1) is 0 Å². The van der Waals surface area contributed by atoms with Crippen molar-refractivity contribution in [2.75, 3.05) is 19.8 Å². The van der Waals surface area contributed by atoms with Crippen molar-refractivity contribution in [3.05, 3.63) is 35.4 Å². The minimum Gasteiger partial charge on any atom is -0.456 e. The smallest absolute Gasteiger partial charge is 0.338 e. The summed E-state index contributed by atoms with van der Waals surface area (Å²) in [5.74, 6) is -0.264. The zero-order valence-corrected chi connectivity index (χ0v) is 13.6. The molecule has 2 aliphatic heterocycles. The van der Waals surface area contributed by atoms with Gasteiger partial charge < -0.3 is 14.8 Å². The molecule has 1 aromatic rings. The number of carbonyl (C=O) groups excluding carboxylic acids is 1. The Hall–Kier alpha value is -1.39. The van der Waals surface area contributed by atoms with Gasteiger partial charge in [0.2, 0.25) is 0 Å². The van der Waals surface area contributed by atoms with Crippen molar-refractivity contribution in [3.63, 3.8) is 0 Å². The first-order valence-corrected chi connectivity index (χ1v) is 8.01. The average molecular weight is 303 g/mol. The minimum atomic E-state index is -0.461. The number of piperidine rings is 1. The molecule has 0 bridgehead atoms. The highest BCUT2D eigenvalue weighted by Crippen LogP contribution is 2.42. The molecule has 0 aromatic heterocycles. The predicted octanol–water partition coefficient (Wildman–Crippen LogP) is 3.08. The summed E-state index contributed by atoms with van der Waals surface area (Å²) in [6.07, 6.45) is 2.30. The van der Waals surface area contributed by atoms with E-state index in [1.807, 2.05) is 45.0 Å². The number of ether oxygens (including phenoxy) is 2. The molecule has 1 unspecified atom stereocenters. The Labute approximate surface area is 132 Å². The molecular weight excluding hydrogens is 278 g/mol. The second kappa shape index (κ2) is 5.67. The third kappa shape index (κ3) is 3.33. The third-order valence-corrected chi connectivity index (χ3v) is 4.45. The lowest BCUT2D eigenvalue weighted by atomic mass is 9.73. The van der Waals surface area contributed by atoms with Crippen LogP contribution in [0.5, 0.6) is 0 Å². The van der Waals surface area contributed by atoms with Crippen molar-refractivity contribution in [2.24, 2.45) is 5.41 Å². The van der Waals surface area contributed by atoms with Crippen LogP contribution < -0.4 is 5.32 Å². The number of hydrogen-bond donors (Lipinski definition) is 1. The molecule has 2 fully saturated rings. The number of benzene rings is 1. The van der Waals surface area contributed by atoms with E-state index >= 15 is 0 Å². The predicted molar refractivity (Wildman–Crippen MR) is 84.8 cm³/mol. The molecule has 0 amide bonds. The molecule has 4 nitrogen and oxygen atoms in total. The monoisotopic (exact) mass is 303 g/mol. The molecule has 0 saturated carbocycles. The maximum Gasteiger partial charge on any atom is 0.338 e. The molecule has 0 aliphatic carbocycles. The van der Waals surface area contributed by atoms with E-state index in [1.165, 1.54) is 12.0 Å². The second-order valence-electron chi connectivity index (χ2n) is 7.58. The summed E-state index contributed by atoms with van der Waals surface area (Å²) in [4.78, 5) is 12.1. The molecule has 4 heteroatoms. The van der Waals surface area contributed by atoms with E-state index in [2.05, 4.69) is 5.32 Å². The van der Waals surface area contributed by atoms with Crippen molar-refractivity contribution in [3.8, 4) is 0 Å². The Kier molecular flexibility index (Phi) is 4.00. The first-order chi connectivity index (χ1) is 10.4. The van der Waals surface area contributed by atoms with Crippen LogP contribution in [0.15, 0.2) is 24.3 Å². The van der Waals surface area contributed by atoms with Gasteiger partial charge in [0.1, 0.15) is 5.60 Å². The lowest BCUT2D eigenvalue weighted by Gasteiger charge is -2.47. The zero-order chi connectivity index (χ0) is 15.8. The molecule has 1 N–H and O–H groups in total. The number of carbonyl (C=O) groups is 1. The first kappa shape index (κ1) is 15.5. The van der Waals surface area contributed by atoms with Gasteiger partial charge in [-0.05, 0) is 57.9 Å². The van der Waals surface area contributed by atoms with Crippen LogP contribution in [0.1, 0.15) is 55.6 Å². The molecule has 120 valence electrons. The summed E-state index contributed by atoms with van der Waals surface area (Å²) in [6, 6.07) is 8.16. The fraction of sp³-hybridized carbons (Fsp3) is 0.611. The quantitative estimate of drug-likeness (QED) is 0.853. The number of hydrogen-bond acceptors (Lipinski definition) is 4. The zero-order valence-electron chi connectivity index (χ0n) is 13.6. The maximum atomic E-state index is 12.1. The lowest BCUT2D eigenvalue weighted by Crippen LogP contribution is -2.50. The largest absolute Gasteiger partial charge is 0.456 e. The highest BCUT2D eigenvalue weighted by molar-refractivity contribution is 5.89. The van der Waals surface area contributed by atoms with E-state index in [0.29, 0.717) is 17.0 Å². The van der Waals surface area contributed by atoms with Gasteiger partial charge in [0, 0.05) is 11.5 Å². The highest BCUT2D eigenvalue weighted by Gasteiger charge is 2.42.